The van der Waals surface area contributed by atoms with E-state index in [4.69, 9.17) is 10.5 Å². The lowest BCUT2D eigenvalue weighted by molar-refractivity contribution is -0.153. The monoisotopic (exact) mass is 605 g/mol. The van der Waals surface area contributed by atoms with Crippen LogP contribution in [0.4, 0.5) is 0 Å². The van der Waals surface area contributed by atoms with Gasteiger partial charge in [0.05, 0.1) is 18.7 Å². The minimum Gasteiger partial charge on any atom is -0.508 e. The number of nitrogens with two attached hydrogens (primary N) is 1. The second kappa shape index (κ2) is 11.4. The zero-order valence-corrected chi connectivity index (χ0v) is 25.5. The molecule has 0 saturated heterocycles. The number of aromatic hydroxyl groups is 1. The molecule has 4 atom stereocenters. The van der Waals surface area contributed by atoms with Crippen molar-refractivity contribution in [3.63, 3.8) is 0 Å². The predicted octanol–water partition coefficient (Wildman–Crippen LogP) is 2.48. The summed E-state index contributed by atoms with van der Waals surface area (Å²) in [5, 5.41) is 45.5. The number of ketones is 2. The third-order valence-electron chi connectivity index (χ3n) is 9.46. The Morgan fingerprint density at radius 2 is 1.75 bits per heavy atom. The van der Waals surface area contributed by atoms with E-state index in [0.29, 0.717) is 23.4 Å². The number of primary amides is 1. The number of rotatable bonds is 8. The Bertz CT molecular complexity index is 1620. The first-order valence-corrected chi connectivity index (χ1v) is 14.7. The van der Waals surface area contributed by atoms with Gasteiger partial charge < -0.3 is 30.9 Å². The van der Waals surface area contributed by atoms with Crippen molar-refractivity contribution in [2.24, 2.45) is 17.6 Å². The van der Waals surface area contributed by atoms with Crippen LogP contribution in [-0.2, 0) is 27.3 Å². The van der Waals surface area contributed by atoms with Crippen LogP contribution >= 0.6 is 0 Å². The summed E-state index contributed by atoms with van der Waals surface area (Å²) in [7, 11) is 4.70. The molecule has 2 aromatic rings. The number of Topliss-reactive ketones (excluding diaryl/α,β-unsaturated/α-hetero) is 2. The summed E-state index contributed by atoms with van der Waals surface area (Å²) >= 11 is 0. The van der Waals surface area contributed by atoms with Gasteiger partial charge in [0, 0.05) is 23.6 Å². The lowest BCUT2D eigenvalue weighted by Crippen LogP contribution is -2.65. The Hall–Kier alpha value is -4.19. The highest BCUT2D eigenvalue weighted by Crippen LogP contribution is 2.54. The molecule has 0 aliphatic heterocycles. The first-order valence-electron chi connectivity index (χ1n) is 14.7. The van der Waals surface area contributed by atoms with E-state index < -0.39 is 58.0 Å². The molecule has 6 N–H and O–H groups in total. The molecular formula is C33H39N3O8. The van der Waals surface area contributed by atoms with Gasteiger partial charge in [-0.15, -0.1) is 0 Å². The van der Waals surface area contributed by atoms with Crippen molar-refractivity contribution < 1.29 is 39.5 Å². The molecule has 1 fully saturated rings. The fourth-order valence-corrected chi connectivity index (χ4v) is 7.27. The number of methoxy groups -OCH3 is 1. The zero-order chi connectivity index (χ0) is 32.2. The molecule has 234 valence electrons. The minimum atomic E-state index is -2.68. The summed E-state index contributed by atoms with van der Waals surface area (Å²) in [5.41, 5.74) is 4.79. The molecule has 5 rings (SSSR count). The van der Waals surface area contributed by atoms with Gasteiger partial charge in [0.2, 0.25) is 5.78 Å². The summed E-state index contributed by atoms with van der Waals surface area (Å²) in [5.74, 6) is -6.24. The van der Waals surface area contributed by atoms with Crippen LogP contribution in [0.3, 0.4) is 0 Å². The third-order valence-corrected chi connectivity index (χ3v) is 9.46. The Kier molecular flexibility index (Phi) is 8.08. The van der Waals surface area contributed by atoms with Crippen molar-refractivity contribution in [2.75, 3.05) is 34.3 Å². The van der Waals surface area contributed by atoms with Crippen LogP contribution in [0.15, 0.2) is 47.2 Å². The quantitative estimate of drug-likeness (QED) is 0.281. The zero-order valence-electron chi connectivity index (χ0n) is 25.5. The number of carbonyl (C=O) groups is 3. The van der Waals surface area contributed by atoms with Gasteiger partial charge in [0.25, 0.3) is 5.91 Å². The number of fused-ring (bicyclic) bond motifs is 3. The normalized spacial score (nSPS) is 24.9. The molecule has 0 aromatic heterocycles. The molecule has 0 spiro atoms. The number of likely N-dealkylation sites (N-methyl/N-ethyl adjacent to an activating group) is 1. The van der Waals surface area contributed by atoms with Gasteiger partial charge in [0.15, 0.2) is 11.4 Å². The van der Waals surface area contributed by atoms with Crippen molar-refractivity contribution in [3.8, 4) is 22.6 Å². The van der Waals surface area contributed by atoms with E-state index in [9.17, 15) is 34.8 Å². The third kappa shape index (κ3) is 4.58. The van der Waals surface area contributed by atoms with Crippen molar-refractivity contribution in [1.82, 2.24) is 9.80 Å². The average molecular weight is 606 g/mol. The molecule has 0 radical (unpaired) electrons. The number of amides is 1. The molecule has 11 nitrogen and oxygen atoms in total. The van der Waals surface area contributed by atoms with Crippen LogP contribution in [-0.4, -0.2) is 93.6 Å². The number of hydrogen-bond donors (Lipinski definition) is 5. The fraction of sp³-hybridized carbons (Fsp3) is 0.424. The highest BCUT2D eigenvalue weighted by Gasteiger charge is 2.64. The Balaban J connectivity index is 1.70. The first-order chi connectivity index (χ1) is 20.8. The Morgan fingerprint density at radius 1 is 1.07 bits per heavy atom. The van der Waals surface area contributed by atoms with Gasteiger partial charge in [-0.3, -0.25) is 24.2 Å². The van der Waals surface area contributed by atoms with Crippen LogP contribution in [0.5, 0.6) is 11.5 Å². The predicted molar refractivity (Wildman–Crippen MR) is 163 cm³/mol. The SMILES string of the molecule is CCN(CC)Cc1ccc(OC)c(-c2ccc(O)c3c2C[C@H]2C[C@H]4[C@H](N(C)C)C(=O)C(C(N)=O)=C(O)[C@@]4(O)C(=O)C2=C3O)c1. The number of benzene rings is 2. The van der Waals surface area contributed by atoms with E-state index in [1.165, 1.54) is 11.0 Å². The van der Waals surface area contributed by atoms with E-state index >= 15 is 0 Å². The van der Waals surface area contributed by atoms with Crippen LogP contribution in [0.2, 0.25) is 0 Å². The van der Waals surface area contributed by atoms with E-state index in [-0.39, 0.29) is 29.7 Å². The van der Waals surface area contributed by atoms with Crippen molar-refractivity contribution in [1.29, 1.82) is 0 Å². The summed E-state index contributed by atoms with van der Waals surface area (Å²) in [6, 6.07) is 7.91. The summed E-state index contributed by atoms with van der Waals surface area (Å²) in [6.45, 7) is 6.64. The summed E-state index contributed by atoms with van der Waals surface area (Å²) in [4.78, 5) is 43.4. The standard InChI is InChI=1S/C33H39N3O8/c1-6-36(7-2)15-16-8-11-23(44-5)19(12-16)18-9-10-22(37)25-20(18)13-17-14-21-27(35(3)4)29(39)26(32(34)42)31(41)33(21,43)30(40)24(17)28(25)38/h8-12,17,21,27,37-38,41,43H,6-7,13-15H2,1-5H3,(H2,34,42)/t17-,21-,27-,33-/m0/s1. The van der Waals surface area contributed by atoms with Crippen molar-refractivity contribution >= 4 is 23.2 Å². The maximum Gasteiger partial charge on any atom is 0.255 e. The largest absolute Gasteiger partial charge is 0.508 e. The Morgan fingerprint density at radius 3 is 2.34 bits per heavy atom. The molecule has 11 heteroatoms. The number of ether oxygens (including phenoxy) is 1. The molecule has 1 amide bonds. The van der Waals surface area contributed by atoms with Gasteiger partial charge in [-0.25, -0.2) is 0 Å². The van der Waals surface area contributed by atoms with Crippen LogP contribution in [0.25, 0.3) is 16.9 Å². The topological polar surface area (TPSA) is 174 Å². The summed E-state index contributed by atoms with van der Waals surface area (Å²) < 4.78 is 5.71. The van der Waals surface area contributed by atoms with Crippen molar-refractivity contribution in [3.05, 3.63) is 63.9 Å². The van der Waals surface area contributed by atoms with E-state index in [1.807, 2.05) is 18.2 Å². The highest BCUT2D eigenvalue weighted by molar-refractivity contribution is 6.24. The number of hydrogen-bond acceptors (Lipinski definition) is 10. The second-order valence-electron chi connectivity index (χ2n) is 11.9. The van der Waals surface area contributed by atoms with Crippen LogP contribution < -0.4 is 10.5 Å². The van der Waals surface area contributed by atoms with E-state index in [2.05, 4.69) is 18.7 Å². The minimum absolute atomic E-state index is 0.0139. The molecule has 3 aliphatic carbocycles. The van der Waals surface area contributed by atoms with Gasteiger partial charge in [-0.2, -0.15) is 0 Å². The lowest BCUT2D eigenvalue weighted by Gasteiger charge is -2.50. The molecule has 0 unspecified atom stereocenters. The first kappa shape index (κ1) is 31.2. The van der Waals surface area contributed by atoms with Gasteiger partial charge >= 0.3 is 0 Å². The summed E-state index contributed by atoms with van der Waals surface area (Å²) in [6.07, 6.45) is 0.196. The van der Waals surface area contributed by atoms with Crippen LogP contribution in [0.1, 0.15) is 37.0 Å². The molecule has 44 heavy (non-hydrogen) atoms. The van der Waals surface area contributed by atoms with Gasteiger partial charge in [-0.05, 0) is 80.8 Å². The molecular weight excluding hydrogens is 566 g/mol. The Labute approximate surface area is 255 Å². The number of phenols is 1. The van der Waals surface area contributed by atoms with Gasteiger partial charge in [-0.1, -0.05) is 26.0 Å². The molecule has 0 heterocycles. The molecule has 2 aromatic carbocycles. The van der Waals surface area contributed by atoms with Gasteiger partial charge in [0.1, 0.15) is 28.6 Å². The molecule has 1 saturated carbocycles. The number of aliphatic hydroxyl groups is 3. The second-order valence-corrected chi connectivity index (χ2v) is 11.9. The number of nitrogens with zero attached hydrogens (tertiary/aromatic N) is 2. The maximum absolute atomic E-state index is 14.1. The fourth-order valence-electron chi connectivity index (χ4n) is 7.27. The highest BCUT2D eigenvalue weighted by atomic mass is 16.5. The van der Waals surface area contributed by atoms with E-state index in [1.54, 1.807) is 27.3 Å². The lowest BCUT2D eigenvalue weighted by atomic mass is 9.57. The van der Waals surface area contributed by atoms with Crippen molar-refractivity contribution in [2.45, 2.75) is 44.9 Å². The van der Waals surface area contributed by atoms with Crippen LogP contribution in [0, 0.1) is 11.8 Å². The average Bonchev–Trinajstić information content (AvgIpc) is 2.97. The molecule has 3 aliphatic rings. The number of phenolic OH excluding ortho intramolecular Hbond substituents is 1. The number of carbonyl (C=O) groups excluding carboxylic acids is 3. The maximum atomic E-state index is 14.1. The smallest absolute Gasteiger partial charge is 0.255 e. The number of aliphatic hydroxyl groups excluding tert-OH is 2. The van der Waals surface area contributed by atoms with E-state index in [0.717, 1.165) is 24.2 Å². The molecule has 0 bridgehead atoms.